The van der Waals surface area contributed by atoms with Crippen LogP contribution in [0.5, 0.6) is 0 Å². The van der Waals surface area contributed by atoms with Gasteiger partial charge in [-0.05, 0) is 30.7 Å². The molecule has 3 heteroatoms. The average molecular weight is 191 g/mol. The molecule has 76 valence electrons. The first-order chi connectivity index (χ1) is 6.77. The molecule has 3 N–H and O–H groups in total. The Bertz CT molecular complexity index is 316. The third-order valence-corrected chi connectivity index (χ3v) is 2.68. The van der Waals surface area contributed by atoms with Crippen molar-refractivity contribution in [1.82, 2.24) is 5.32 Å². The Morgan fingerprint density at radius 1 is 1.29 bits per heavy atom. The van der Waals surface area contributed by atoms with Crippen molar-refractivity contribution < 1.29 is 0 Å². The molecule has 1 fully saturated rings. The number of aryl methyl sites for hydroxylation is 1. The molecule has 1 aromatic rings. The van der Waals surface area contributed by atoms with Crippen LogP contribution >= 0.6 is 0 Å². The van der Waals surface area contributed by atoms with Gasteiger partial charge in [-0.25, -0.2) is 0 Å². The molecule has 1 aromatic carbocycles. The first-order valence-corrected chi connectivity index (χ1v) is 5.09. The van der Waals surface area contributed by atoms with Crippen molar-refractivity contribution in [2.45, 2.75) is 6.92 Å². The van der Waals surface area contributed by atoms with E-state index in [2.05, 4.69) is 23.2 Å². The molecule has 0 aliphatic carbocycles. The van der Waals surface area contributed by atoms with Crippen molar-refractivity contribution in [2.75, 3.05) is 36.8 Å². The minimum Gasteiger partial charge on any atom is -0.399 e. The Labute approximate surface area is 84.9 Å². The average Bonchev–Trinajstić information content (AvgIpc) is 2.19. The normalized spacial score (nSPS) is 17.1. The van der Waals surface area contributed by atoms with Gasteiger partial charge in [-0.3, -0.25) is 0 Å². The van der Waals surface area contributed by atoms with Crippen molar-refractivity contribution in [1.29, 1.82) is 0 Å². The summed E-state index contributed by atoms with van der Waals surface area (Å²) in [6, 6.07) is 6.14. The molecule has 1 aliphatic heterocycles. The van der Waals surface area contributed by atoms with Crippen LogP contribution in [-0.2, 0) is 0 Å². The summed E-state index contributed by atoms with van der Waals surface area (Å²) >= 11 is 0. The quantitative estimate of drug-likeness (QED) is 0.650. The maximum absolute atomic E-state index is 5.73. The van der Waals surface area contributed by atoms with Gasteiger partial charge in [-0.15, -0.1) is 0 Å². The fraction of sp³-hybridized carbons (Fsp3) is 0.455. The minimum absolute atomic E-state index is 0.849. The minimum atomic E-state index is 0.849. The number of rotatable bonds is 1. The van der Waals surface area contributed by atoms with E-state index in [4.69, 9.17) is 5.73 Å². The summed E-state index contributed by atoms with van der Waals surface area (Å²) < 4.78 is 0. The van der Waals surface area contributed by atoms with Crippen LogP contribution in [0.4, 0.5) is 11.4 Å². The van der Waals surface area contributed by atoms with Crippen molar-refractivity contribution in [2.24, 2.45) is 0 Å². The topological polar surface area (TPSA) is 41.3 Å². The molecule has 1 saturated heterocycles. The summed E-state index contributed by atoms with van der Waals surface area (Å²) in [5.74, 6) is 0. The molecule has 0 radical (unpaired) electrons. The summed E-state index contributed by atoms with van der Waals surface area (Å²) in [7, 11) is 0. The van der Waals surface area contributed by atoms with E-state index in [1.54, 1.807) is 0 Å². The Kier molecular flexibility index (Phi) is 2.59. The van der Waals surface area contributed by atoms with Crippen LogP contribution in [0.2, 0.25) is 0 Å². The number of hydrogen-bond acceptors (Lipinski definition) is 3. The third kappa shape index (κ3) is 1.82. The summed E-state index contributed by atoms with van der Waals surface area (Å²) in [4.78, 5) is 2.41. The zero-order chi connectivity index (χ0) is 9.97. The maximum atomic E-state index is 5.73. The van der Waals surface area contributed by atoms with E-state index in [1.807, 2.05) is 12.1 Å². The van der Waals surface area contributed by atoms with Crippen LogP contribution in [-0.4, -0.2) is 26.2 Å². The molecule has 1 aliphatic rings. The van der Waals surface area contributed by atoms with Gasteiger partial charge in [0.2, 0.25) is 0 Å². The third-order valence-electron chi connectivity index (χ3n) is 2.68. The van der Waals surface area contributed by atoms with Crippen molar-refractivity contribution in [3.8, 4) is 0 Å². The van der Waals surface area contributed by atoms with E-state index < -0.39 is 0 Å². The molecular formula is C11H17N3. The first kappa shape index (κ1) is 9.34. The highest BCUT2D eigenvalue weighted by molar-refractivity contribution is 5.59. The molecule has 0 unspecified atom stereocenters. The molecule has 3 nitrogen and oxygen atoms in total. The molecule has 0 spiro atoms. The van der Waals surface area contributed by atoms with Crippen molar-refractivity contribution in [3.63, 3.8) is 0 Å². The van der Waals surface area contributed by atoms with E-state index >= 15 is 0 Å². The monoisotopic (exact) mass is 191 g/mol. The van der Waals surface area contributed by atoms with Crippen LogP contribution in [0, 0.1) is 6.92 Å². The highest BCUT2D eigenvalue weighted by Crippen LogP contribution is 2.22. The molecule has 0 bridgehead atoms. The lowest BCUT2D eigenvalue weighted by atomic mass is 10.1. The molecule has 2 rings (SSSR count). The molecule has 1 heterocycles. The molecular weight excluding hydrogens is 174 g/mol. The number of nitrogens with zero attached hydrogens (tertiary/aromatic N) is 1. The van der Waals surface area contributed by atoms with Crippen LogP contribution in [0.1, 0.15) is 5.56 Å². The van der Waals surface area contributed by atoms with Crippen molar-refractivity contribution >= 4 is 11.4 Å². The second-order valence-corrected chi connectivity index (χ2v) is 3.78. The number of nitrogens with two attached hydrogens (primary N) is 1. The second kappa shape index (κ2) is 3.88. The lowest BCUT2D eigenvalue weighted by Crippen LogP contribution is -2.43. The van der Waals surface area contributed by atoms with Gasteiger partial charge in [0, 0.05) is 37.6 Å². The Morgan fingerprint density at radius 3 is 2.64 bits per heavy atom. The zero-order valence-electron chi connectivity index (χ0n) is 8.59. The zero-order valence-corrected chi connectivity index (χ0v) is 8.59. The molecule has 0 amide bonds. The number of nitrogen functional groups attached to an aromatic ring is 1. The smallest absolute Gasteiger partial charge is 0.0398 e. The number of hydrogen-bond donors (Lipinski definition) is 2. The van der Waals surface area contributed by atoms with Crippen molar-refractivity contribution in [3.05, 3.63) is 23.8 Å². The Hall–Kier alpha value is -1.22. The van der Waals surface area contributed by atoms with Gasteiger partial charge in [0.1, 0.15) is 0 Å². The van der Waals surface area contributed by atoms with Gasteiger partial charge >= 0.3 is 0 Å². The fourth-order valence-electron chi connectivity index (χ4n) is 1.94. The van der Waals surface area contributed by atoms with Gasteiger partial charge in [0.25, 0.3) is 0 Å². The number of nitrogens with one attached hydrogen (secondary N) is 1. The van der Waals surface area contributed by atoms with Gasteiger partial charge in [0.15, 0.2) is 0 Å². The fourth-order valence-corrected chi connectivity index (χ4v) is 1.94. The molecule has 14 heavy (non-hydrogen) atoms. The predicted molar refractivity (Wildman–Crippen MR) is 60.7 cm³/mol. The SMILES string of the molecule is Cc1cc(N)ccc1N1CCNCC1. The Morgan fingerprint density at radius 2 is 2.00 bits per heavy atom. The summed E-state index contributed by atoms with van der Waals surface area (Å²) in [6.45, 7) is 6.44. The van der Waals surface area contributed by atoms with E-state index in [-0.39, 0.29) is 0 Å². The second-order valence-electron chi connectivity index (χ2n) is 3.78. The number of anilines is 2. The highest BCUT2D eigenvalue weighted by Gasteiger charge is 2.11. The van der Waals surface area contributed by atoms with Crippen LogP contribution in [0.15, 0.2) is 18.2 Å². The largest absolute Gasteiger partial charge is 0.399 e. The van der Waals surface area contributed by atoms with Gasteiger partial charge in [0.05, 0.1) is 0 Å². The van der Waals surface area contributed by atoms with Gasteiger partial charge in [-0.1, -0.05) is 0 Å². The van der Waals surface area contributed by atoms with Crippen LogP contribution < -0.4 is 16.0 Å². The molecule has 0 saturated carbocycles. The highest BCUT2D eigenvalue weighted by atomic mass is 15.2. The summed E-state index contributed by atoms with van der Waals surface area (Å²) in [6.07, 6.45) is 0. The van der Waals surface area contributed by atoms with Crippen LogP contribution in [0.3, 0.4) is 0 Å². The van der Waals surface area contributed by atoms with E-state index in [0.29, 0.717) is 0 Å². The standard InChI is InChI=1S/C11H17N3/c1-9-8-10(12)2-3-11(9)14-6-4-13-5-7-14/h2-3,8,13H,4-7,12H2,1H3. The first-order valence-electron chi connectivity index (χ1n) is 5.09. The molecule has 0 atom stereocenters. The van der Waals surface area contributed by atoms with Gasteiger partial charge in [-0.2, -0.15) is 0 Å². The van der Waals surface area contributed by atoms with Crippen LogP contribution in [0.25, 0.3) is 0 Å². The predicted octanol–water partition coefficient (Wildman–Crippen LogP) is 0.987. The van der Waals surface area contributed by atoms with E-state index in [9.17, 15) is 0 Å². The summed E-state index contributed by atoms with van der Waals surface area (Å²) in [5.41, 5.74) is 9.17. The summed E-state index contributed by atoms with van der Waals surface area (Å²) in [5, 5.41) is 3.35. The maximum Gasteiger partial charge on any atom is 0.0398 e. The van der Waals surface area contributed by atoms with E-state index in [1.165, 1.54) is 11.3 Å². The lowest BCUT2D eigenvalue weighted by Gasteiger charge is -2.30. The van der Waals surface area contributed by atoms with Gasteiger partial charge < -0.3 is 16.0 Å². The van der Waals surface area contributed by atoms with E-state index in [0.717, 1.165) is 31.9 Å². The number of benzene rings is 1. The number of piperazine rings is 1. The lowest BCUT2D eigenvalue weighted by molar-refractivity contribution is 0.588. The Balaban J connectivity index is 2.22. The molecule has 0 aromatic heterocycles.